The van der Waals surface area contributed by atoms with E-state index < -0.39 is 0 Å². The van der Waals surface area contributed by atoms with Crippen LogP contribution in [-0.4, -0.2) is 55.2 Å². The number of rotatable bonds is 2. The van der Waals surface area contributed by atoms with E-state index in [0.29, 0.717) is 29.6 Å². The van der Waals surface area contributed by atoms with Crippen LogP contribution >= 0.6 is 11.6 Å². The number of fused-ring (bicyclic) bond motifs is 1. The van der Waals surface area contributed by atoms with Crippen LogP contribution in [0.15, 0.2) is 18.2 Å². The number of morpholine rings is 1. The van der Waals surface area contributed by atoms with Gasteiger partial charge in [-0.2, -0.15) is 0 Å². The Kier molecular flexibility index (Phi) is 4.46. The van der Waals surface area contributed by atoms with Gasteiger partial charge in [0, 0.05) is 11.6 Å². The molecule has 0 bridgehead atoms. The van der Waals surface area contributed by atoms with E-state index in [0.717, 1.165) is 0 Å². The number of nitrogens with zero attached hydrogens (tertiary/aromatic N) is 2. The second-order valence-electron chi connectivity index (χ2n) is 5.92. The topological polar surface area (TPSA) is 59.1 Å². The number of ether oxygens (including phenoxy) is 2. The van der Waals surface area contributed by atoms with E-state index in [2.05, 4.69) is 0 Å². The van der Waals surface area contributed by atoms with Gasteiger partial charge in [0.25, 0.3) is 5.91 Å². The van der Waals surface area contributed by atoms with Gasteiger partial charge in [0.05, 0.1) is 24.4 Å². The lowest BCUT2D eigenvalue weighted by Gasteiger charge is -2.38. The summed E-state index contributed by atoms with van der Waals surface area (Å²) in [6.45, 7) is 4.81. The van der Waals surface area contributed by atoms with E-state index in [-0.39, 0.29) is 37.1 Å². The Morgan fingerprint density at radius 1 is 1.39 bits per heavy atom. The Balaban J connectivity index is 1.80. The molecular weight excluding hydrogens is 320 g/mol. The summed E-state index contributed by atoms with van der Waals surface area (Å²) < 4.78 is 10.9. The van der Waals surface area contributed by atoms with Crippen LogP contribution in [-0.2, 0) is 14.3 Å². The van der Waals surface area contributed by atoms with E-state index in [4.69, 9.17) is 21.1 Å². The summed E-state index contributed by atoms with van der Waals surface area (Å²) in [5.74, 6) is 0.209. The molecule has 1 fully saturated rings. The molecule has 2 aliphatic heterocycles. The zero-order valence-electron chi connectivity index (χ0n) is 13.1. The molecule has 0 N–H and O–H groups in total. The first kappa shape index (κ1) is 16.1. The molecule has 0 saturated carbocycles. The molecule has 2 heterocycles. The highest BCUT2D eigenvalue weighted by Gasteiger charge is 2.32. The third-order valence-electron chi connectivity index (χ3n) is 4.09. The van der Waals surface area contributed by atoms with Gasteiger partial charge in [0.15, 0.2) is 6.61 Å². The molecule has 0 aliphatic carbocycles. The summed E-state index contributed by atoms with van der Waals surface area (Å²) in [6.07, 6.45) is -0.00253. The second-order valence-corrected chi connectivity index (χ2v) is 6.36. The van der Waals surface area contributed by atoms with Crippen molar-refractivity contribution in [2.75, 3.05) is 31.2 Å². The molecule has 0 spiro atoms. The molecule has 0 aromatic heterocycles. The molecule has 0 radical (unpaired) electrons. The van der Waals surface area contributed by atoms with E-state index in [9.17, 15) is 9.59 Å². The average molecular weight is 339 g/mol. The molecule has 3 rings (SSSR count). The van der Waals surface area contributed by atoms with Gasteiger partial charge in [-0.05, 0) is 32.0 Å². The highest BCUT2D eigenvalue weighted by Crippen LogP contribution is 2.34. The van der Waals surface area contributed by atoms with Crippen molar-refractivity contribution in [1.29, 1.82) is 0 Å². The van der Waals surface area contributed by atoms with Gasteiger partial charge in [0.1, 0.15) is 12.3 Å². The fourth-order valence-corrected chi connectivity index (χ4v) is 2.99. The van der Waals surface area contributed by atoms with Gasteiger partial charge in [-0.3, -0.25) is 14.5 Å². The number of carbonyl (C=O) groups excluding carboxylic acids is 2. The number of amides is 2. The van der Waals surface area contributed by atoms with Crippen molar-refractivity contribution in [3.63, 3.8) is 0 Å². The fourth-order valence-electron chi connectivity index (χ4n) is 2.83. The Hall–Kier alpha value is -1.79. The van der Waals surface area contributed by atoms with E-state index >= 15 is 0 Å². The molecule has 2 unspecified atom stereocenters. The van der Waals surface area contributed by atoms with E-state index in [1.165, 1.54) is 4.90 Å². The maximum Gasteiger partial charge on any atom is 0.265 e. The number of anilines is 1. The van der Waals surface area contributed by atoms with Crippen LogP contribution in [0.5, 0.6) is 5.75 Å². The normalized spacial score (nSPS) is 24.2. The standard InChI is InChI=1S/C16H19ClN2O4/c1-10-8-22-11(2)6-18(10)15(20)7-19-13-5-12(17)3-4-14(13)23-9-16(19)21/h3-5,10-11H,6-9H2,1-2H3. The highest BCUT2D eigenvalue weighted by molar-refractivity contribution is 6.31. The molecule has 1 aromatic carbocycles. The summed E-state index contributed by atoms with van der Waals surface area (Å²) >= 11 is 6.01. The zero-order valence-corrected chi connectivity index (χ0v) is 13.9. The first-order valence-corrected chi connectivity index (χ1v) is 7.97. The number of halogens is 1. The molecule has 2 amide bonds. The number of benzene rings is 1. The van der Waals surface area contributed by atoms with Crippen molar-refractivity contribution in [1.82, 2.24) is 4.90 Å². The maximum atomic E-state index is 12.7. The molecule has 1 saturated heterocycles. The van der Waals surface area contributed by atoms with Crippen LogP contribution < -0.4 is 9.64 Å². The largest absolute Gasteiger partial charge is 0.482 e. The van der Waals surface area contributed by atoms with Gasteiger partial charge in [-0.15, -0.1) is 0 Å². The summed E-state index contributed by atoms with van der Waals surface area (Å²) in [5, 5.41) is 0.493. The van der Waals surface area contributed by atoms with Crippen molar-refractivity contribution < 1.29 is 19.1 Å². The average Bonchev–Trinajstić information content (AvgIpc) is 2.52. The predicted octanol–water partition coefficient (Wildman–Crippen LogP) is 1.70. The quantitative estimate of drug-likeness (QED) is 0.823. The number of hydrogen-bond acceptors (Lipinski definition) is 4. The lowest BCUT2D eigenvalue weighted by atomic mass is 10.2. The summed E-state index contributed by atoms with van der Waals surface area (Å²) in [5.41, 5.74) is 0.538. The molecule has 7 heteroatoms. The minimum Gasteiger partial charge on any atom is -0.482 e. The van der Waals surface area contributed by atoms with Gasteiger partial charge in [-0.1, -0.05) is 11.6 Å². The van der Waals surface area contributed by atoms with Crippen LogP contribution in [0.1, 0.15) is 13.8 Å². The lowest BCUT2D eigenvalue weighted by molar-refractivity contribution is -0.142. The van der Waals surface area contributed by atoms with E-state index in [1.807, 2.05) is 13.8 Å². The minimum atomic E-state index is -0.248. The molecule has 2 aliphatic rings. The third kappa shape index (κ3) is 3.28. The molecule has 124 valence electrons. The third-order valence-corrected chi connectivity index (χ3v) is 4.32. The molecule has 6 nitrogen and oxygen atoms in total. The lowest BCUT2D eigenvalue weighted by Crippen LogP contribution is -2.54. The monoisotopic (exact) mass is 338 g/mol. The van der Waals surface area contributed by atoms with Crippen molar-refractivity contribution in [3.05, 3.63) is 23.2 Å². The smallest absolute Gasteiger partial charge is 0.265 e. The van der Waals surface area contributed by atoms with Crippen LogP contribution in [0.25, 0.3) is 0 Å². The minimum absolute atomic E-state index is 0.00253. The first-order chi connectivity index (χ1) is 11.0. The SMILES string of the molecule is CC1CN(C(=O)CN2C(=O)COc3ccc(Cl)cc32)C(C)CO1. The number of hydrogen-bond donors (Lipinski definition) is 0. The highest BCUT2D eigenvalue weighted by atomic mass is 35.5. The second kappa shape index (κ2) is 6.37. The first-order valence-electron chi connectivity index (χ1n) is 7.59. The Bertz CT molecular complexity index is 637. The van der Waals surface area contributed by atoms with Crippen molar-refractivity contribution in [3.8, 4) is 5.75 Å². The van der Waals surface area contributed by atoms with Crippen molar-refractivity contribution >= 4 is 29.1 Å². The van der Waals surface area contributed by atoms with E-state index in [1.54, 1.807) is 23.1 Å². The Morgan fingerprint density at radius 3 is 2.96 bits per heavy atom. The van der Waals surface area contributed by atoms with Crippen LogP contribution in [0, 0.1) is 0 Å². The van der Waals surface area contributed by atoms with Gasteiger partial charge in [0.2, 0.25) is 5.91 Å². The Morgan fingerprint density at radius 2 is 2.17 bits per heavy atom. The summed E-state index contributed by atoms with van der Waals surface area (Å²) in [4.78, 5) is 28.1. The van der Waals surface area contributed by atoms with Crippen LogP contribution in [0.2, 0.25) is 5.02 Å². The zero-order chi connectivity index (χ0) is 16.6. The van der Waals surface area contributed by atoms with Crippen molar-refractivity contribution in [2.45, 2.75) is 26.0 Å². The molecule has 1 aromatic rings. The maximum absolute atomic E-state index is 12.7. The predicted molar refractivity (Wildman–Crippen MR) is 85.9 cm³/mol. The van der Waals surface area contributed by atoms with Crippen LogP contribution in [0.3, 0.4) is 0 Å². The summed E-state index contributed by atoms with van der Waals surface area (Å²) in [7, 11) is 0. The fraction of sp³-hybridized carbons (Fsp3) is 0.500. The van der Waals surface area contributed by atoms with Crippen molar-refractivity contribution in [2.24, 2.45) is 0 Å². The van der Waals surface area contributed by atoms with Gasteiger partial charge in [-0.25, -0.2) is 0 Å². The number of carbonyl (C=O) groups is 2. The molecule has 23 heavy (non-hydrogen) atoms. The molecular formula is C16H19ClN2O4. The van der Waals surface area contributed by atoms with Gasteiger partial charge < -0.3 is 14.4 Å². The summed E-state index contributed by atoms with van der Waals surface area (Å²) in [6, 6.07) is 5.05. The molecule has 2 atom stereocenters. The van der Waals surface area contributed by atoms with Crippen LogP contribution in [0.4, 0.5) is 5.69 Å². The Labute approximate surface area is 139 Å². The van der Waals surface area contributed by atoms with Gasteiger partial charge >= 0.3 is 0 Å².